The second kappa shape index (κ2) is 4.22. The molecule has 1 aromatic carbocycles. The van der Waals surface area contributed by atoms with E-state index in [0.29, 0.717) is 18.5 Å². The molecule has 16 heavy (non-hydrogen) atoms. The molecule has 5 heteroatoms. The van der Waals surface area contributed by atoms with Gasteiger partial charge in [-0.25, -0.2) is 4.39 Å². The first-order chi connectivity index (χ1) is 7.68. The number of dihydropyridines is 1. The summed E-state index contributed by atoms with van der Waals surface area (Å²) < 4.78 is 13.6. The van der Waals surface area contributed by atoms with Crippen LogP contribution in [0.4, 0.5) is 10.1 Å². The van der Waals surface area contributed by atoms with Crippen LogP contribution in [-0.2, 0) is 0 Å². The van der Waals surface area contributed by atoms with Gasteiger partial charge in [0, 0.05) is 24.3 Å². The van der Waals surface area contributed by atoms with Crippen molar-refractivity contribution in [1.82, 2.24) is 0 Å². The highest BCUT2D eigenvalue weighted by atomic mass is 19.1. The van der Waals surface area contributed by atoms with Crippen LogP contribution in [0.3, 0.4) is 0 Å². The number of hydrogen-bond donors (Lipinski definition) is 0. The van der Waals surface area contributed by atoms with Crippen molar-refractivity contribution >= 4 is 17.5 Å². The third kappa shape index (κ3) is 1.98. The summed E-state index contributed by atoms with van der Waals surface area (Å²) in [5.74, 6) is -0.559. The molecule has 1 heterocycles. The zero-order chi connectivity index (χ0) is 11.5. The molecule has 0 bridgehead atoms. The summed E-state index contributed by atoms with van der Waals surface area (Å²) >= 11 is 0. The molecule has 1 aliphatic rings. The zero-order valence-corrected chi connectivity index (χ0v) is 8.39. The second-order valence-electron chi connectivity index (χ2n) is 3.40. The molecule has 1 aliphatic heterocycles. The van der Waals surface area contributed by atoms with E-state index in [0.717, 1.165) is 11.6 Å². The molecule has 0 fully saturated rings. The van der Waals surface area contributed by atoms with Crippen molar-refractivity contribution in [3.05, 3.63) is 45.8 Å². The summed E-state index contributed by atoms with van der Waals surface area (Å²) in [4.78, 5) is 13.8. The van der Waals surface area contributed by atoms with Crippen molar-refractivity contribution in [1.29, 1.82) is 0 Å². The number of halogens is 1. The van der Waals surface area contributed by atoms with Crippen molar-refractivity contribution in [2.24, 2.45) is 4.99 Å². The minimum absolute atomic E-state index is 0.230. The van der Waals surface area contributed by atoms with Gasteiger partial charge in [0.05, 0.1) is 17.5 Å². The van der Waals surface area contributed by atoms with E-state index in [1.807, 2.05) is 6.08 Å². The fraction of sp³-hybridized carbons (Fsp3) is 0.182. The molecule has 0 radical (unpaired) electrons. The van der Waals surface area contributed by atoms with Gasteiger partial charge in [-0.1, -0.05) is 6.08 Å². The molecule has 0 saturated carbocycles. The van der Waals surface area contributed by atoms with Gasteiger partial charge in [-0.15, -0.1) is 0 Å². The number of rotatable bonds is 2. The third-order valence-electron chi connectivity index (χ3n) is 2.39. The van der Waals surface area contributed by atoms with Gasteiger partial charge >= 0.3 is 0 Å². The molecule has 0 amide bonds. The number of non-ortho nitro benzene ring substituents is 1. The van der Waals surface area contributed by atoms with Gasteiger partial charge in [0.25, 0.3) is 5.69 Å². The van der Waals surface area contributed by atoms with Gasteiger partial charge in [-0.3, -0.25) is 15.1 Å². The van der Waals surface area contributed by atoms with Crippen LogP contribution in [-0.4, -0.2) is 17.7 Å². The van der Waals surface area contributed by atoms with E-state index in [1.165, 1.54) is 12.1 Å². The highest BCUT2D eigenvalue weighted by Crippen LogP contribution is 2.25. The smallest absolute Gasteiger partial charge is 0.272 e. The van der Waals surface area contributed by atoms with Gasteiger partial charge in [-0.2, -0.15) is 0 Å². The molecule has 82 valence electrons. The molecule has 0 N–H and O–H groups in total. The Kier molecular flexibility index (Phi) is 2.76. The maximum absolute atomic E-state index is 13.6. The Morgan fingerprint density at radius 1 is 1.44 bits per heavy atom. The first-order valence-corrected chi connectivity index (χ1v) is 4.80. The summed E-state index contributed by atoms with van der Waals surface area (Å²) in [6, 6.07) is 3.70. The lowest BCUT2D eigenvalue weighted by Gasteiger charge is -2.08. The molecular formula is C11H9FN2O2. The topological polar surface area (TPSA) is 55.5 Å². The average molecular weight is 220 g/mol. The Morgan fingerprint density at radius 2 is 2.25 bits per heavy atom. The molecule has 0 aromatic heterocycles. The molecule has 0 saturated heterocycles. The van der Waals surface area contributed by atoms with E-state index in [4.69, 9.17) is 0 Å². The molecule has 0 spiro atoms. The van der Waals surface area contributed by atoms with Crippen LogP contribution < -0.4 is 0 Å². The second-order valence-corrected chi connectivity index (χ2v) is 3.40. The predicted octanol–water partition coefficient (Wildman–Crippen LogP) is 2.59. The average Bonchev–Trinajstić information content (AvgIpc) is 2.30. The van der Waals surface area contributed by atoms with E-state index in [9.17, 15) is 14.5 Å². The van der Waals surface area contributed by atoms with Crippen molar-refractivity contribution in [3.63, 3.8) is 0 Å². The quantitative estimate of drug-likeness (QED) is 0.568. The Hall–Kier alpha value is -2.04. The highest BCUT2D eigenvalue weighted by molar-refractivity contribution is 5.81. The van der Waals surface area contributed by atoms with Crippen molar-refractivity contribution in [2.75, 3.05) is 6.54 Å². The maximum atomic E-state index is 13.6. The van der Waals surface area contributed by atoms with Crippen molar-refractivity contribution < 1.29 is 9.31 Å². The number of hydrogen-bond acceptors (Lipinski definition) is 3. The number of nitrogens with zero attached hydrogens (tertiary/aromatic N) is 2. The van der Waals surface area contributed by atoms with Gasteiger partial charge in [0.1, 0.15) is 5.82 Å². The lowest BCUT2D eigenvalue weighted by atomic mass is 10.0. The zero-order valence-electron chi connectivity index (χ0n) is 8.39. The molecule has 4 nitrogen and oxygen atoms in total. The predicted molar refractivity (Wildman–Crippen MR) is 59.0 cm³/mol. The molecule has 2 rings (SSSR count). The first kappa shape index (κ1) is 10.5. The lowest BCUT2D eigenvalue weighted by Crippen LogP contribution is -1.98. The highest BCUT2D eigenvalue weighted by Gasteiger charge is 2.13. The Labute approximate surface area is 91.3 Å². The number of aliphatic imine (C=N–C) groups is 1. The standard InChI is InChI=1S/C11H9FN2O2/c12-11-7-9(14(15)16)1-2-10(11)8-3-5-13-6-4-8/h1-3,6-7H,4-5H2. The van der Waals surface area contributed by atoms with Gasteiger partial charge in [-0.05, 0) is 11.6 Å². The molecule has 1 aromatic rings. The summed E-state index contributed by atoms with van der Waals surface area (Å²) in [7, 11) is 0. The number of allylic oxidation sites excluding steroid dienone is 1. The minimum atomic E-state index is -0.608. The number of benzene rings is 1. The Bertz CT molecular complexity index is 495. The number of nitro groups is 1. The van der Waals surface area contributed by atoms with Crippen LogP contribution in [0.5, 0.6) is 0 Å². The molecular weight excluding hydrogens is 211 g/mol. The SMILES string of the molecule is O=[N+]([O-])c1ccc(C2=CCN=CC2)c(F)c1. The molecule has 0 unspecified atom stereocenters. The third-order valence-corrected chi connectivity index (χ3v) is 2.39. The van der Waals surface area contributed by atoms with Gasteiger partial charge < -0.3 is 0 Å². The normalized spacial score (nSPS) is 14.7. The summed E-state index contributed by atoms with van der Waals surface area (Å²) in [5, 5.41) is 10.4. The molecule has 0 aliphatic carbocycles. The Balaban J connectivity index is 2.36. The van der Waals surface area contributed by atoms with Gasteiger partial charge in [0.15, 0.2) is 0 Å². The van der Waals surface area contributed by atoms with Crippen LogP contribution in [0.25, 0.3) is 5.57 Å². The monoisotopic (exact) mass is 220 g/mol. The first-order valence-electron chi connectivity index (χ1n) is 4.80. The van der Waals surface area contributed by atoms with Crippen molar-refractivity contribution in [2.45, 2.75) is 6.42 Å². The van der Waals surface area contributed by atoms with E-state index >= 15 is 0 Å². The summed E-state index contributed by atoms with van der Waals surface area (Å²) in [6.45, 7) is 0.533. The fourth-order valence-electron chi connectivity index (χ4n) is 1.58. The molecule has 0 atom stereocenters. The van der Waals surface area contributed by atoms with E-state index in [2.05, 4.69) is 4.99 Å². The minimum Gasteiger partial charge on any atom is -0.293 e. The van der Waals surface area contributed by atoms with Crippen LogP contribution >= 0.6 is 0 Å². The van der Waals surface area contributed by atoms with Crippen LogP contribution in [0.2, 0.25) is 0 Å². The maximum Gasteiger partial charge on any atom is 0.272 e. The summed E-state index contributed by atoms with van der Waals surface area (Å²) in [5.41, 5.74) is 1.01. The Morgan fingerprint density at radius 3 is 2.81 bits per heavy atom. The number of nitro benzene ring substituents is 1. The fourth-order valence-corrected chi connectivity index (χ4v) is 1.58. The van der Waals surface area contributed by atoms with Gasteiger partial charge in [0.2, 0.25) is 0 Å². The van der Waals surface area contributed by atoms with E-state index in [1.54, 1.807) is 6.21 Å². The lowest BCUT2D eigenvalue weighted by molar-refractivity contribution is -0.385. The van der Waals surface area contributed by atoms with Crippen molar-refractivity contribution in [3.8, 4) is 0 Å². The van der Waals surface area contributed by atoms with Crippen LogP contribution in [0, 0.1) is 15.9 Å². The van der Waals surface area contributed by atoms with E-state index in [-0.39, 0.29) is 5.69 Å². The van der Waals surface area contributed by atoms with Crippen LogP contribution in [0.15, 0.2) is 29.3 Å². The van der Waals surface area contributed by atoms with Crippen LogP contribution in [0.1, 0.15) is 12.0 Å². The largest absolute Gasteiger partial charge is 0.293 e. The summed E-state index contributed by atoms with van der Waals surface area (Å²) in [6.07, 6.45) is 4.11. The van der Waals surface area contributed by atoms with E-state index < -0.39 is 10.7 Å².